The molecule has 0 unspecified atom stereocenters. The fraction of sp³-hybridized carbons (Fsp3) is 0.357. The molecule has 0 atom stereocenters. The maximum absolute atomic E-state index is 13.3. The smallest absolute Gasteiger partial charge is 0.336 e. The Hall–Kier alpha value is -2.49. The molecule has 1 amide bonds. The molecule has 112 valence electrons. The highest BCUT2D eigenvalue weighted by atomic mass is 19.2. The van der Waals surface area contributed by atoms with Gasteiger partial charge >= 0.3 is 5.97 Å². The largest absolute Gasteiger partial charge is 0.478 e. The van der Waals surface area contributed by atoms with E-state index in [1.807, 2.05) is 6.07 Å². The van der Waals surface area contributed by atoms with E-state index in [0.29, 0.717) is 12.1 Å². The quantitative estimate of drug-likeness (QED) is 0.904. The number of benzene rings is 1. The summed E-state index contributed by atoms with van der Waals surface area (Å²) < 4.78 is 26.4. The molecule has 1 aromatic carbocycles. The van der Waals surface area contributed by atoms with Gasteiger partial charge in [-0.15, -0.1) is 0 Å². The van der Waals surface area contributed by atoms with Gasteiger partial charge in [0, 0.05) is 12.6 Å². The Kier molecular flexibility index (Phi) is 5.36. The van der Waals surface area contributed by atoms with Crippen LogP contribution in [-0.2, 0) is 0 Å². The van der Waals surface area contributed by atoms with E-state index in [1.165, 1.54) is 4.90 Å². The van der Waals surface area contributed by atoms with Crippen LogP contribution >= 0.6 is 0 Å². The highest BCUT2D eigenvalue weighted by Crippen LogP contribution is 2.18. The highest BCUT2D eigenvalue weighted by molar-refractivity contribution is 6.04. The van der Waals surface area contributed by atoms with Crippen LogP contribution in [0, 0.1) is 23.0 Å². The molecule has 0 fully saturated rings. The van der Waals surface area contributed by atoms with Gasteiger partial charge < -0.3 is 10.0 Å². The van der Waals surface area contributed by atoms with Gasteiger partial charge in [0.15, 0.2) is 11.6 Å². The Morgan fingerprint density at radius 1 is 1.29 bits per heavy atom. The zero-order chi connectivity index (χ0) is 16.2. The van der Waals surface area contributed by atoms with E-state index >= 15 is 0 Å². The van der Waals surface area contributed by atoms with Crippen molar-refractivity contribution in [2.75, 3.05) is 6.54 Å². The lowest BCUT2D eigenvalue weighted by atomic mass is 10.0. The first kappa shape index (κ1) is 16.6. The van der Waals surface area contributed by atoms with Crippen LogP contribution < -0.4 is 0 Å². The number of carbonyl (C=O) groups excluding carboxylic acids is 1. The van der Waals surface area contributed by atoms with E-state index in [1.54, 1.807) is 13.8 Å². The van der Waals surface area contributed by atoms with Gasteiger partial charge in [0.05, 0.1) is 23.6 Å². The molecule has 0 aliphatic rings. The van der Waals surface area contributed by atoms with Crippen LogP contribution in [0.25, 0.3) is 0 Å². The van der Waals surface area contributed by atoms with Gasteiger partial charge in [-0.3, -0.25) is 4.79 Å². The van der Waals surface area contributed by atoms with Crippen LogP contribution in [0.15, 0.2) is 12.1 Å². The summed E-state index contributed by atoms with van der Waals surface area (Å²) in [5, 5.41) is 17.6. The zero-order valence-corrected chi connectivity index (χ0v) is 11.6. The van der Waals surface area contributed by atoms with E-state index in [9.17, 15) is 18.4 Å². The topological polar surface area (TPSA) is 81.4 Å². The first-order valence-corrected chi connectivity index (χ1v) is 6.19. The number of carboxylic acids is 1. The number of amides is 1. The molecule has 0 radical (unpaired) electrons. The minimum atomic E-state index is -1.53. The fourth-order valence-corrected chi connectivity index (χ4v) is 1.82. The van der Waals surface area contributed by atoms with Crippen LogP contribution in [0.3, 0.4) is 0 Å². The van der Waals surface area contributed by atoms with Gasteiger partial charge in [-0.05, 0) is 26.0 Å². The Morgan fingerprint density at radius 2 is 1.81 bits per heavy atom. The third kappa shape index (κ3) is 3.75. The van der Waals surface area contributed by atoms with Gasteiger partial charge in [-0.1, -0.05) is 0 Å². The number of nitriles is 1. The lowest BCUT2D eigenvalue weighted by Gasteiger charge is -2.26. The Balaban J connectivity index is 3.30. The summed E-state index contributed by atoms with van der Waals surface area (Å²) in [5.41, 5.74) is -1.05. The van der Waals surface area contributed by atoms with Crippen molar-refractivity contribution < 1.29 is 23.5 Å². The standard InChI is InChI=1S/C14H14F2N2O3/c1-8(2)18(5-3-4-17)13(19)9-6-11(15)12(16)7-10(9)14(20)21/h6-8H,3,5H2,1-2H3,(H,20,21). The molecule has 0 aromatic heterocycles. The second-order valence-corrected chi connectivity index (χ2v) is 4.62. The lowest BCUT2D eigenvalue weighted by Crippen LogP contribution is -2.38. The molecule has 0 saturated carbocycles. The Morgan fingerprint density at radius 3 is 2.24 bits per heavy atom. The molecule has 5 nitrogen and oxygen atoms in total. The lowest BCUT2D eigenvalue weighted by molar-refractivity contribution is 0.0659. The molecular formula is C14H14F2N2O3. The third-order valence-corrected chi connectivity index (χ3v) is 2.87. The molecule has 0 aliphatic heterocycles. The molecule has 0 spiro atoms. The van der Waals surface area contributed by atoms with Crippen molar-refractivity contribution in [1.29, 1.82) is 5.26 Å². The number of hydrogen-bond acceptors (Lipinski definition) is 3. The maximum Gasteiger partial charge on any atom is 0.336 e. The molecular weight excluding hydrogens is 282 g/mol. The number of carboxylic acid groups (broad SMARTS) is 1. The number of rotatable bonds is 5. The van der Waals surface area contributed by atoms with Crippen LogP contribution in [0.4, 0.5) is 8.78 Å². The summed E-state index contributed by atoms with van der Waals surface area (Å²) in [6, 6.07) is 2.61. The summed E-state index contributed by atoms with van der Waals surface area (Å²) >= 11 is 0. The van der Waals surface area contributed by atoms with E-state index in [0.717, 1.165) is 0 Å². The number of aromatic carboxylic acids is 1. The summed E-state index contributed by atoms with van der Waals surface area (Å²) in [6.45, 7) is 3.43. The third-order valence-electron chi connectivity index (χ3n) is 2.87. The number of hydrogen-bond donors (Lipinski definition) is 1. The Bertz CT molecular complexity index is 609. The molecule has 0 saturated heterocycles. The van der Waals surface area contributed by atoms with E-state index < -0.39 is 34.6 Å². The second kappa shape index (κ2) is 6.79. The minimum absolute atomic E-state index is 0.0516. The van der Waals surface area contributed by atoms with Crippen LogP contribution in [0.5, 0.6) is 0 Å². The van der Waals surface area contributed by atoms with E-state index in [4.69, 9.17) is 10.4 Å². The van der Waals surface area contributed by atoms with Gasteiger partial charge in [0.2, 0.25) is 0 Å². The highest BCUT2D eigenvalue weighted by Gasteiger charge is 2.25. The molecule has 0 aliphatic carbocycles. The first-order chi connectivity index (χ1) is 9.79. The van der Waals surface area contributed by atoms with Crippen LogP contribution in [0.1, 0.15) is 41.0 Å². The van der Waals surface area contributed by atoms with Gasteiger partial charge in [0.25, 0.3) is 5.91 Å². The first-order valence-electron chi connectivity index (χ1n) is 6.19. The summed E-state index contributed by atoms with van der Waals surface area (Å²) in [6.07, 6.45) is 0.0516. The average molecular weight is 296 g/mol. The summed E-state index contributed by atoms with van der Waals surface area (Å²) in [4.78, 5) is 24.7. The van der Waals surface area contributed by atoms with Crippen molar-refractivity contribution >= 4 is 11.9 Å². The molecule has 0 heterocycles. The summed E-state index contributed by atoms with van der Waals surface area (Å²) in [5.74, 6) is -4.91. The second-order valence-electron chi connectivity index (χ2n) is 4.62. The maximum atomic E-state index is 13.3. The predicted octanol–water partition coefficient (Wildman–Crippen LogP) is 2.43. The average Bonchev–Trinajstić information content (AvgIpc) is 2.40. The zero-order valence-electron chi connectivity index (χ0n) is 11.6. The predicted molar refractivity (Wildman–Crippen MR) is 69.7 cm³/mol. The number of nitrogens with zero attached hydrogens (tertiary/aromatic N) is 2. The minimum Gasteiger partial charge on any atom is -0.478 e. The van der Waals surface area contributed by atoms with Crippen molar-refractivity contribution in [3.05, 3.63) is 34.9 Å². The van der Waals surface area contributed by atoms with Crippen molar-refractivity contribution in [3.63, 3.8) is 0 Å². The molecule has 21 heavy (non-hydrogen) atoms. The fourth-order valence-electron chi connectivity index (χ4n) is 1.82. The normalized spacial score (nSPS) is 10.3. The number of carbonyl (C=O) groups is 2. The molecule has 1 aromatic rings. The Labute approximate surface area is 120 Å². The summed E-state index contributed by atoms with van der Waals surface area (Å²) in [7, 11) is 0. The van der Waals surface area contributed by atoms with Crippen molar-refractivity contribution in [2.24, 2.45) is 0 Å². The van der Waals surface area contributed by atoms with Gasteiger partial charge in [0.1, 0.15) is 0 Å². The van der Waals surface area contributed by atoms with Crippen molar-refractivity contribution in [1.82, 2.24) is 4.90 Å². The molecule has 0 bridgehead atoms. The van der Waals surface area contributed by atoms with Crippen molar-refractivity contribution in [2.45, 2.75) is 26.3 Å². The van der Waals surface area contributed by atoms with E-state index in [-0.39, 0.29) is 19.0 Å². The SMILES string of the molecule is CC(C)N(CCC#N)C(=O)c1cc(F)c(F)cc1C(=O)O. The monoisotopic (exact) mass is 296 g/mol. The molecule has 1 rings (SSSR count). The van der Waals surface area contributed by atoms with Crippen molar-refractivity contribution in [3.8, 4) is 6.07 Å². The number of halogens is 2. The van der Waals surface area contributed by atoms with Gasteiger partial charge in [-0.2, -0.15) is 5.26 Å². The molecule has 1 N–H and O–H groups in total. The van der Waals surface area contributed by atoms with Gasteiger partial charge in [-0.25, -0.2) is 13.6 Å². The van der Waals surface area contributed by atoms with Crippen LogP contribution in [0.2, 0.25) is 0 Å². The van der Waals surface area contributed by atoms with Crippen LogP contribution in [-0.4, -0.2) is 34.5 Å². The van der Waals surface area contributed by atoms with E-state index in [2.05, 4.69) is 0 Å². The molecule has 7 heteroatoms.